The lowest BCUT2D eigenvalue weighted by Gasteiger charge is -2.06. The van der Waals surface area contributed by atoms with E-state index in [4.69, 9.17) is 5.73 Å². The Hall–Kier alpha value is -0.580. The second-order valence-electron chi connectivity index (χ2n) is 2.73. The van der Waals surface area contributed by atoms with Crippen LogP contribution in [0.1, 0.15) is 21.5 Å². The Kier molecular flexibility index (Phi) is 2.72. The van der Waals surface area contributed by atoms with Gasteiger partial charge in [-0.1, -0.05) is 6.07 Å². The van der Waals surface area contributed by atoms with Gasteiger partial charge in [0.1, 0.15) is 0 Å². The molecule has 1 aromatic rings. The molecule has 0 saturated carbocycles. The van der Waals surface area contributed by atoms with Crippen molar-refractivity contribution in [3.05, 3.63) is 32.4 Å². The minimum Gasteiger partial charge on any atom is -0.366 e. The molecule has 0 radical (unpaired) electrons. The van der Waals surface area contributed by atoms with Gasteiger partial charge in [-0.3, -0.25) is 4.79 Å². The van der Waals surface area contributed by atoms with Gasteiger partial charge in [-0.2, -0.15) is 0 Å². The summed E-state index contributed by atoms with van der Waals surface area (Å²) in [6.07, 6.45) is 0. The summed E-state index contributed by atoms with van der Waals surface area (Å²) in [5.74, 6) is -0.356. The van der Waals surface area contributed by atoms with Crippen molar-refractivity contribution in [1.82, 2.24) is 0 Å². The van der Waals surface area contributed by atoms with Crippen LogP contribution in [-0.2, 0) is 0 Å². The van der Waals surface area contributed by atoms with E-state index >= 15 is 0 Å². The SMILES string of the molecule is Cc1ccc(C(N)=O)c(C)c1I. The number of carbonyl (C=O) groups is 1. The summed E-state index contributed by atoms with van der Waals surface area (Å²) in [5.41, 5.74) is 7.96. The van der Waals surface area contributed by atoms with Gasteiger partial charge < -0.3 is 5.73 Å². The van der Waals surface area contributed by atoms with E-state index in [1.54, 1.807) is 6.07 Å². The predicted molar refractivity (Wildman–Crippen MR) is 57.2 cm³/mol. The number of hydrogen-bond donors (Lipinski definition) is 1. The summed E-state index contributed by atoms with van der Waals surface area (Å²) >= 11 is 2.22. The predicted octanol–water partition coefficient (Wildman–Crippen LogP) is 2.01. The molecule has 0 heterocycles. The van der Waals surface area contributed by atoms with Crippen molar-refractivity contribution in [1.29, 1.82) is 0 Å². The monoisotopic (exact) mass is 275 g/mol. The van der Waals surface area contributed by atoms with Crippen molar-refractivity contribution < 1.29 is 4.79 Å². The van der Waals surface area contributed by atoms with Crippen LogP contribution < -0.4 is 5.73 Å². The van der Waals surface area contributed by atoms with E-state index in [-0.39, 0.29) is 5.91 Å². The first-order valence-electron chi connectivity index (χ1n) is 3.59. The molecule has 1 amide bonds. The summed E-state index contributed by atoms with van der Waals surface area (Å²) < 4.78 is 1.11. The molecule has 0 bridgehead atoms. The molecule has 0 aliphatic carbocycles. The highest BCUT2D eigenvalue weighted by molar-refractivity contribution is 14.1. The zero-order valence-electron chi connectivity index (χ0n) is 7.02. The van der Waals surface area contributed by atoms with E-state index in [1.807, 2.05) is 19.9 Å². The lowest BCUT2D eigenvalue weighted by atomic mass is 10.1. The molecular weight excluding hydrogens is 265 g/mol. The highest BCUT2D eigenvalue weighted by Gasteiger charge is 2.08. The Labute approximate surface area is 85.3 Å². The Morgan fingerprint density at radius 1 is 1.42 bits per heavy atom. The first-order valence-corrected chi connectivity index (χ1v) is 4.67. The van der Waals surface area contributed by atoms with Gasteiger partial charge in [-0.15, -0.1) is 0 Å². The normalized spacial score (nSPS) is 9.92. The maximum absolute atomic E-state index is 10.9. The van der Waals surface area contributed by atoms with E-state index in [9.17, 15) is 4.79 Å². The molecule has 1 aromatic carbocycles. The molecule has 0 aromatic heterocycles. The van der Waals surface area contributed by atoms with Crippen LogP contribution in [0.15, 0.2) is 12.1 Å². The number of rotatable bonds is 1. The first kappa shape index (κ1) is 9.51. The van der Waals surface area contributed by atoms with Crippen molar-refractivity contribution in [2.45, 2.75) is 13.8 Å². The van der Waals surface area contributed by atoms with Crippen molar-refractivity contribution in [3.8, 4) is 0 Å². The van der Waals surface area contributed by atoms with Crippen LogP contribution in [0, 0.1) is 17.4 Å². The van der Waals surface area contributed by atoms with Crippen LogP contribution in [0.25, 0.3) is 0 Å². The van der Waals surface area contributed by atoms with Gasteiger partial charge >= 0.3 is 0 Å². The molecular formula is C9H10INO. The van der Waals surface area contributed by atoms with Gasteiger partial charge in [-0.05, 0) is 53.6 Å². The molecule has 0 aliphatic heterocycles. The fraction of sp³-hybridized carbons (Fsp3) is 0.222. The Morgan fingerprint density at radius 3 is 2.50 bits per heavy atom. The highest BCUT2D eigenvalue weighted by atomic mass is 127. The standard InChI is InChI=1S/C9H10INO/c1-5-3-4-7(9(11)12)6(2)8(5)10/h3-4H,1-2H3,(H2,11,12). The average Bonchev–Trinajstić information content (AvgIpc) is 2.00. The van der Waals surface area contributed by atoms with Gasteiger partial charge in [0.05, 0.1) is 0 Å². The number of amides is 1. The van der Waals surface area contributed by atoms with E-state index in [2.05, 4.69) is 22.6 Å². The molecule has 2 nitrogen and oxygen atoms in total. The molecule has 3 heteroatoms. The Balaban J connectivity index is 3.36. The minimum atomic E-state index is -0.356. The zero-order valence-corrected chi connectivity index (χ0v) is 9.18. The van der Waals surface area contributed by atoms with E-state index in [1.165, 1.54) is 5.56 Å². The molecule has 0 fully saturated rings. The van der Waals surface area contributed by atoms with Crippen LogP contribution in [0.3, 0.4) is 0 Å². The molecule has 64 valence electrons. The van der Waals surface area contributed by atoms with Crippen molar-refractivity contribution in [3.63, 3.8) is 0 Å². The van der Waals surface area contributed by atoms with Crippen LogP contribution in [0.4, 0.5) is 0 Å². The Morgan fingerprint density at radius 2 is 2.00 bits per heavy atom. The summed E-state index contributed by atoms with van der Waals surface area (Å²) in [6.45, 7) is 3.93. The van der Waals surface area contributed by atoms with E-state index in [0.29, 0.717) is 5.56 Å². The Bertz CT molecular complexity index is 334. The average molecular weight is 275 g/mol. The number of hydrogen-bond acceptors (Lipinski definition) is 1. The second kappa shape index (κ2) is 3.43. The van der Waals surface area contributed by atoms with Crippen molar-refractivity contribution in [2.75, 3.05) is 0 Å². The molecule has 1 rings (SSSR count). The maximum atomic E-state index is 10.9. The lowest BCUT2D eigenvalue weighted by Crippen LogP contribution is -2.13. The van der Waals surface area contributed by atoms with Crippen LogP contribution in [0.2, 0.25) is 0 Å². The number of benzene rings is 1. The number of carbonyl (C=O) groups excluding carboxylic acids is 1. The molecule has 0 saturated heterocycles. The fourth-order valence-corrected chi connectivity index (χ4v) is 1.56. The largest absolute Gasteiger partial charge is 0.366 e. The first-order chi connectivity index (χ1) is 5.54. The number of halogens is 1. The quantitative estimate of drug-likeness (QED) is 0.783. The third kappa shape index (κ3) is 1.60. The minimum absolute atomic E-state index is 0.356. The van der Waals surface area contributed by atoms with Gasteiger partial charge in [-0.25, -0.2) is 0 Å². The molecule has 2 N–H and O–H groups in total. The van der Waals surface area contributed by atoms with Crippen LogP contribution in [-0.4, -0.2) is 5.91 Å². The topological polar surface area (TPSA) is 43.1 Å². The maximum Gasteiger partial charge on any atom is 0.249 e. The smallest absolute Gasteiger partial charge is 0.249 e. The van der Waals surface area contributed by atoms with Crippen molar-refractivity contribution in [2.24, 2.45) is 5.73 Å². The fourth-order valence-electron chi connectivity index (χ4n) is 1.09. The third-order valence-corrected chi connectivity index (χ3v) is 3.50. The van der Waals surface area contributed by atoms with Gasteiger partial charge in [0.25, 0.3) is 0 Å². The molecule has 0 aliphatic rings. The van der Waals surface area contributed by atoms with E-state index < -0.39 is 0 Å². The summed E-state index contributed by atoms with van der Waals surface area (Å²) in [5, 5.41) is 0. The summed E-state index contributed by atoms with van der Waals surface area (Å²) in [4.78, 5) is 10.9. The summed E-state index contributed by atoms with van der Waals surface area (Å²) in [7, 11) is 0. The van der Waals surface area contributed by atoms with Gasteiger partial charge in [0.15, 0.2) is 0 Å². The number of primary amides is 1. The third-order valence-electron chi connectivity index (χ3n) is 1.84. The molecule has 0 atom stereocenters. The second-order valence-corrected chi connectivity index (χ2v) is 3.81. The van der Waals surface area contributed by atoms with Crippen molar-refractivity contribution >= 4 is 28.5 Å². The van der Waals surface area contributed by atoms with Crippen LogP contribution in [0.5, 0.6) is 0 Å². The van der Waals surface area contributed by atoms with Gasteiger partial charge in [0.2, 0.25) is 5.91 Å². The summed E-state index contributed by atoms with van der Waals surface area (Å²) in [6, 6.07) is 3.68. The van der Waals surface area contributed by atoms with Crippen LogP contribution >= 0.6 is 22.6 Å². The van der Waals surface area contributed by atoms with Gasteiger partial charge in [0, 0.05) is 9.13 Å². The molecule has 12 heavy (non-hydrogen) atoms. The zero-order chi connectivity index (χ0) is 9.30. The highest BCUT2D eigenvalue weighted by Crippen LogP contribution is 2.19. The lowest BCUT2D eigenvalue weighted by molar-refractivity contribution is 0.0999. The number of nitrogens with two attached hydrogens (primary N) is 1. The van der Waals surface area contributed by atoms with E-state index in [0.717, 1.165) is 9.13 Å². The molecule has 0 spiro atoms. The number of aryl methyl sites for hydroxylation is 1. The molecule has 0 unspecified atom stereocenters.